The van der Waals surface area contributed by atoms with Crippen molar-refractivity contribution in [1.82, 2.24) is 5.32 Å². The Labute approximate surface area is 95.2 Å². The highest BCUT2D eigenvalue weighted by Crippen LogP contribution is 2.27. The molecule has 1 aromatic rings. The molecule has 4 nitrogen and oxygen atoms in total. The Morgan fingerprint density at radius 3 is 2.75 bits per heavy atom. The van der Waals surface area contributed by atoms with Crippen LogP contribution in [-0.4, -0.2) is 39.3 Å². The second-order valence-electron chi connectivity index (χ2n) is 3.90. The Morgan fingerprint density at radius 2 is 2.19 bits per heavy atom. The number of hydrogen-bond acceptors (Lipinski definition) is 4. The fourth-order valence-corrected chi connectivity index (χ4v) is 1.81. The molecule has 0 spiro atoms. The van der Waals surface area contributed by atoms with E-state index in [1.54, 1.807) is 12.1 Å². The molecule has 1 aromatic carbocycles. The van der Waals surface area contributed by atoms with Crippen molar-refractivity contribution in [2.45, 2.75) is 6.04 Å². The van der Waals surface area contributed by atoms with Crippen molar-refractivity contribution in [3.8, 4) is 0 Å². The number of esters is 1. The summed E-state index contributed by atoms with van der Waals surface area (Å²) in [5, 5.41) is 3.15. The predicted octanol–water partition coefficient (Wildman–Crippen LogP) is 0.881. The van der Waals surface area contributed by atoms with Gasteiger partial charge in [0.25, 0.3) is 0 Å². The molecule has 0 aliphatic carbocycles. The van der Waals surface area contributed by atoms with E-state index >= 15 is 0 Å². The average molecular weight is 220 g/mol. The lowest BCUT2D eigenvalue weighted by Gasteiger charge is -2.06. The van der Waals surface area contributed by atoms with E-state index in [0.29, 0.717) is 11.6 Å². The lowest BCUT2D eigenvalue weighted by atomic mass is 10.2. The molecule has 2 rings (SSSR count). The van der Waals surface area contributed by atoms with Crippen LogP contribution in [0.2, 0.25) is 0 Å². The van der Waals surface area contributed by atoms with E-state index in [1.165, 1.54) is 7.11 Å². The van der Waals surface area contributed by atoms with Gasteiger partial charge in [0, 0.05) is 18.8 Å². The number of nitrogens with one attached hydrogen (secondary N) is 1. The molecule has 0 bridgehead atoms. The van der Waals surface area contributed by atoms with Crippen molar-refractivity contribution in [3.63, 3.8) is 0 Å². The topological polar surface area (TPSA) is 41.3 Å². The Hall–Kier alpha value is -1.55. The van der Waals surface area contributed by atoms with Crippen LogP contribution >= 0.6 is 0 Å². The molecule has 4 heteroatoms. The molecule has 1 N–H and O–H groups in total. The van der Waals surface area contributed by atoms with Gasteiger partial charge in [0.1, 0.15) is 0 Å². The van der Waals surface area contributed by atoms with Crippen LogP contribution < -0.4 is 10.2 Å². The zero-order chi connectivity index (χ0) is 11.5. The summed E-state index contributed by atoms with van der Waals surface area (Å²) in [7, 11) is 3.35. The van der Waals surface area contributed by atoms with Crippen LogP contribution in [0.1, 0.15) is 10.4 Å². The van der Waals surface area contributed by atoms with Crippen LogP contribution in [0.3, 0.4) is 0 Å². The zero-order valence-corrected chi connectivity index (χ0v) is 9.56. The highest BCUT2D eigenvalue weighted by molar-refractivity contribution is 5.89. The lowest BCUT2D eigenvalue weighted by Crippen LogP contribution is -2.17. The molecule has 1 atom stereocenters. The highest BCUT2D eigenvalue weighted by Gasteiger charge is 2.33. The SMILES string of the molecule is CNCC1CN1c1ccc(C(=O)OC)cc1. The second-order valence-corrected chi connectivity index (χ2v) is 3.90. The van der Waals surface area contributed by atoms with Crippen LogP contribution in [-0.2, 0) is 4.74 Å². The van der Waals surface area contributed by atoms with Gasteiger partial charge < -0.3 is 15.0 Å². The maximum Gasteiger partial charge on any atom is 0.337 e. The molecule has 1 unspecified atom stereocenters. The van der Waals surface area contributed by atoms with E-state index in [2.05, 4.69) is 15.0 Å². The first-order valence-corrected chi connectivity index (χ1v) is 5.36. The first kappa shape index (κ1) is 11.0. The number of anilines is 1. The van der Waals surface area contributed by atoms with E-state index in [4.69, 9.17) is 0 Å². The monoisotopic (exact) mass is 220 g/mol. The molecule has 1 fully saturated rings. The van der Waals surface area contributed by atoms with Crippen molar-refractivity contribution in [2.24, 2.45) is 0 Å². The number of carbonyl (C=O) groups is 1. The molecular formula is C12H16N2O2. The van der Waals surface area contributed by atoms with Crippen LogP contribution in [0, 0.1) is 0 Å². The standard InChI is InChI=1S/C12H16N2O2/c1-13-7-11-8-14(11)10-5-3-9(4-6-10)12(15)16-2/h3-6,11,13H,7-8H2,1-2H3. The summed E-state index contributed by atoms with van der Waals surface area (Å²) in [5.74, 6) is -0.288. The fourth-order valence-electron chi connectivity index (χ4n) is 1.81. The van der Waals surface area contributed by atoms with Crippen molar-refractivity contribution >= 4 is 11.7 Å². The van der Waals surface area contributed by atoms with Crippen molar-refractivity contribution < 1.29 is 9.53 Å². The number of ether oxygens (including phenoxy) is 1. The molecule has 1 aliphatic rings. The van der Waals surface area contributed by atoms with Gasteiger partial charge in [-0.1, -0.05) is 0 Å². The normalized spacial score (nSPS) is 18.4. The largest absolute Gasteiger partial charge is 0.465 e. The maximum absolute atomic E-state index is 11.2. The van der Waals surface area contributed by atoms with Crippen molar-refractivity contribution in [1.29, 1.82) is 0 Å². The highest BCUT2D eigenvalue weighted by atomic mass is 16.5. The number of hydrogen-bond donors (Lipinski definition) is 1. The molecule has 0 aromatic heterocycles. The summed E-state index contributed by atoms with van der Waals surface area (Å²) in [6.45, 7) is 2.08. The maximum atomic E-state index is 11.2. The number of nitrogens with zero attached hydrogens (tertiary/aromatic N) is 1. The second kappa shape index (κ2) is 4.53. The Balaban J connectivity index is 2.01. The Morgan fingerprint density at radius 1 is 1.50 bits per heavy atom. The number of carbonyl (C=O) groups excluding carboxylic acids is 1. The van der Waals surface area contributed by atoms with E-state index in [-0.39, 0.29) is 5.97 Å². The van der Waals surface area contributed by atoms with E-state index in [0.717, 1.165) is 18.8 Å². The minimum atomic E-state index is -0.288. The van der Waals surface area contributed by atoms with Crippen LogP contribution in [0.15, 0.2) is 24.3 Å². The summed E-state index contributed by atoms with van der Waals surface area (Å²) in [6, 6.07) is 8.12. The summed E-state index contributed by atoms with van der Waals surface area (Å²) < 4.78 is 4.65. The van der Waals surface area contributed by atoms with Gasteiger partial charge in [-0.25, -0.2) is 4.79 Å². The molecule has 16 heavy (non-hydrogen) atoms. The molecule has 1 aliphatic heterocycles. The molecule has 1 saturated heterocycles. The average Bonchev–Trinajstić information content (AvgIpc) is 3.08. The van der Waals surface area contributed by atoms with Gasteiger partial charge in [-0.05, 0) is 31.3 Å². The predicted molar refractivity (Wildman–Crippen MR) is 62.8 cm³/mol. The first-order valence-electron chi connectivity index (χ1n) is 5.36. The summed E-state index contributed by atoms with van der Waals surface area (Å²) in [4.78, 5) is 13.5. The number of likely N-dealkylation sites (N-methyl/N-ethyl adjacent to an activating group) is 1. The van der Waals surface area contributed by atoms with Crippen LogP contribution in [0.25, 0.3) is 0 Å². The van der Waals surface area contributed by atoms with Crippen LogP contribution in [0.4, 0.5) is 5.69 Å². The molecule has 0 saturated carbocycles. The van der Waals surface area contributed by atoms with E-state index < -0.39 is 0 Å². The Bertz CT molecular complexity index is 375. The molecule has 0 radical (unpaired) electrons. The number of methoxy groups -OCH3 is 1. The molecule has 1 heterocycles. The third kappa shape index (κ3) is 2.17. The van der Waals surface area contributed by atoms with Crippen molar-refractivity contribution in [2.75, 3.05) is 32.1 Å². The van der Waals surface area contributed by atoms with Gasteiger partial charge in [0.2, 0.25) is 0 Å². The molecule has 86 valence electrons. The summed E-state index contributed by atoms with van der Waals surface area (Å²) in [6.07, 6.45) is 0. The van der Waals surface area contributed by atoms with Crippen molar-refractivity contribution in [3.05, 3.63) is 29.8 Å². The third-order valence-electron chi connectivity index (χ3n) is 2.77. The smallest absolute Gasteiger partial charge is 0.337 e. The summed E-state index contributed by atoms with van der Waals surface area (Å²) in [5.41, 5.74) is 1.76. The van der Waals surface area contributed by atoms with Gasteiger partial charge in [-0.3, -0.25) is 0 Å². The third-order valence-corrected chi connectivity index (χ3v) is 2.77. The van der Waals surface area contributed by atoms with Crippen LogP contribution in [0.5, 0.6) is 0 Å². The van der Waals surface area contributed by atoms with E-state index in [9.17, 15) is 4.79 Å². The quantitative estimate of drug-likeness (QED) is 0.604. The molecule has 0 amide bonds. The summed E-state index contributed by atoms with van der Waals surface area (Å²) >= 11 is 0. The lowest BCUT2D eigenvalue weighted by molar-refractivity contribution is 0.0601. The number of rotatable bonds is 4. The van der Waals surface area contributed by atoms with Gasteiger partial charge in [-0.2, -0.15) is 0 Å². The first-order chi connectivity index (χ1) is 7.76. The Kier molecular flexibility index (Phi) is 3.10. The minimum absolute atomic E-state index is 0.288. The minimum Gasteiger partial charge on any atom is -0.465 e. The van der Waals surface area contributed by atoms with Gasteiger partial charge in [0.15, 0.2) is 0 Å². The van der Waals surface area contributed by atoms with Gasteiger partial charge in [0.05, 0.1) is 18.7 Å². The van der Waals surface area contributed by atoms with Gasteiger partial charge >= 0.3 is 5.97 Å². The van der Waals surface area contributed by atoms with E-state index in [1.807, 2.05) is 19.2 Å². The molecular weight excluding hydrogens is 204 g/mol. The zero-order valence-electron chi connectivity index (χ0n) is 9.56. The fraction of sp³-hybridized carbons (Fsp3) is 0.417. The number of benzene rings is 1. The van der Waals surface area contributed by atoms with Gasteiger partial charge in [-0.15, -0.1) is 0 Å².